The van der Waals surface area contributed by atoms with Gasteiger partial charge in [0.2, 0.25) is 5.91 Å². The third kappa shape index (κ3) is 5.04. The van der Waals surface area contributed by atoms with Crippen LogP contribution in [0.3, 0.4) is 0 Å². The summed E-state index contributed by atoms with van der Waals surface area (Å²) in [6, 6.07) is -0.134. The molecule has 0 saturated carbocycles. The molecule has 1 aromatic heterocycles. The minimum absolute atomic E-state index is 0.0571. The Morgan fingerprint density at radius 1 is 1.43 bits per heavy atom. The van der Waals surface area contributed by atoms with Gasteiger partial charge in [0.15, 0.2) is 0 Å². The summed E-state index contributed by atoms with van der Waals surface area (Å²) in [7, 11) is 0. The average molecular weight is 323 g/mol. The summed E-state index contributed by atoms with van der Waals surface area (Å²) >= 11 is 0. The van der Waals surface area contributed by atoms with Gasteiger partial charge in [0, 0.05) is 31.6 Å². The van der Waals surface area contributed by atoms with E-state index in [1.807, 2.05) is 13.8 Å². The fraction of sp³-hybridized carbons (Fsp3) is 0.765. The first-order chi connectivity index (χ1) is 11.0. The highest BCUT2D eigenvalue weighted by Crippen LogP contribution is 2.19. The van der Waals surface area contributed by atoms with Crippen molar-refractivity contribution in [3.05, 3.63) is 17.0 Å². The van der Waals surface area contributed by atoms with Crippen molar-refractivity contribution in [3.63, 3.8) is 0 Å². The zero-order chi connectivity index (χ0) is 16.8. The van der Waals surface area contributed by atoms with Crippen LogP contribution < -0.4 is 5.32 Å². The topological polar surface area (TPSA) is 78.6 Å². The van der Waals surface area contributed by atoms with Gasteiger partial charge >= 0.3 is 0 Å². The second kappa shape index (κ2) is 8.45. The Morgan fingerprint density at radius 2 is 2.22 bits per heavy atom. The molecule has 2 rings (SSSR count). The lowest BCUT2D eigenvalue weighted by molar-refractivity contribution is -0.123. The number of carbonyl (C=O) groups excluding carboxylic acids is 1. The van der Waals surface area contributed by atoms with Gasteiger partial charge in [-0.1, -0.05) is 24.9 Å². The Bertz CT molecular complexity index is 496. The van der Waals surface area contributed by atoms with Crippen molar-refractivity contribution in [1.82, 2.24) is 15.4 Å². The van der Waals surface area contributed by atoms with Crippen LogP contribution in [0.5, 0.6) is 0 Å². The van der Waals surface area contributed by atoms with Gasteiger partial charge in [-0.05, 0) is 26.7 Å². The van der Waals surface area contributed by atoms with Gasteiger partial charge in [-0.3, -0.25) is 9.69 Å². The van der Waals surface area contributed by atoms with Crippen LogP contribution in [-0.4, -0.2) is 46.3 Å². The van der Waals surface area contributed by atoms with E-state index in [9.17, 15) is 9.90 Å². The first-order valence-electron chi connectivity index (χ1n) is 8.62. The van der Waals surface area contributed by atoms with E-state index in [4.69, 9.17) is 4.52 Å². The Balaban J connectivity index is 1.79. The number of hydrogen-bond donors (Lipinski definition) is 2. The molecule has 23 heavy (non-hydrogen) atoms. The molecule has 0 aliphatic carbocycles. The van der Waals surface area contributed by atoms with Crippen molar-refractivity contribution >= 4 is 5.91 Å². The fourth-order valence-corrected chi connectivity index (χ4v) is 3.07. The number of nitrogens with zero attached hydrogens (tertiary/aromatic N) is 2. The molecule has 0 spiro atoms. The van der Waals surface area contributed by atoms with Crippen molar-refractivity contribution in [3.8, 4) is 0 Å². The Hall–Kier alpha value is -1.40. The maximum absolute atomic E-state index is 11.9. The monoisotopic (exact) mass is 323 g/mol. The summed E-state index contributed by atoms with van der Waals surface area (Å²) < 4.78 is 5.19. The van der Waals surface area contributed by atoms with Crippen molar-refractivity contribution in [2.45, 2.75) is 71.6 Å². The van der Waals surface area contributed by atoms with E-state index in [0.717, 1.165) is 55.8 Å². The lowest BCUT2D eigenvalue weighted by Crippen LogP contribution is -2.53. The molecule has 2 N–H and O–H groups in total. The van der Waals surface area contributed by atoms with E-state index in [2.05, 4.69) is 22.3 Å². The number of aryl methyl sites for hydroxylation is 2. The number of carbonyl (C=O) groups is 1. The summed E-state index contributed by atoms with van der Waals surface area (Å²) in [6.45, 7) is 8.11. The minimum atomic E-state index is -0.528. The fourth-order valence-electron chi connectivity index (χ4n) is 3.07. The van der Waals surface area contributed by atoms with Crippen molar-refractivity contribution in [1.29, 1.82) is 0 Å². The molecule has 0 aromatic carbocycles. The second-order valence-electron chi connectivity index (χ2n) is 6.52. The molecule has 2 atom stereocenters. The van der Waals surface area contributed by atoms with Crippen LogP contribution in [-0.2, 0) is 11.3 Å². The van der Waals surface area contributed by atoms with Crippen molar-refractivity contribution < 1.29 is 14.4 Å². The molecule has 1 aliphatic rings. The first-order valence-corrected chi connectivity index (χ1v) is 8.62. The minimum Gasteiger partial charge on any atom is -0.390 e. The van der Waals surface area contributed by atoms with Crippen LogP contribution in [0.25, 0.3) is 0 Å². The van der Waals surface area contributed by atoms with E-state index in [1.165, 1.54) is 0 Å². The molecule has 1 amide bonds. The number of piperidine rings is 1. The third-order valence-electron chi connectivity index (χ3n) is 4.58. The maximum Gasteiger partial charge on any atom is 0.220 e. The zero-order valence-corrected chi connectivity index (χ0v) is 14.5. The van der Waals surface area contributed by atoms with Crippen LogP contribution in [0.1, 0.15) is 56.0 Å². The quantitative estimate of drug-likeness (QED) is 0.750. The van der Waals surface area contributed by atoms with Gasteiger partial charge in [0.05, 0.1) is 17.8 Å². The van der Waals surface area contributed by atoms with Gasteiger partial charge in [-0.25, -0.2) is 0 Å². The lowest BCUT2D eigenvalue weighted by atomic mass is 10.0. The molecule has 6 heteroatoms. The van der Waals surface area contributed by atoms with Gasteiger partial charge in [0.1, 0.15) is 5.76 Å². The van der Waals surface area contributed by atoms with Crippen LogP contribution in [0.4, 0.5) is 0 Å². The highest BCUT2D eigenvalue weighted by Gasteiger charge is 2.29. The normalized spacial score (nSPS) is 22.3. The van der Waals surface area contributed by atoms with Crippen LogP contribution >= 0.6 is 0 Å². The Kier molecular flexibility index (Phi) is 6.59. The third-order valence-corrected chi connectivity index (χ3v) is 4.58. The predicted octanol–water partition coefficient (Wildman–Crippen LogP) is 1.92. The van der Waals surface area contributed by atoms with Gasteiger partial charge in [-0.2, -0.15) is 0 Å². The number of aliphatic hydroxyl groups excluding tert-OH is 1. The smallest absolute Gasteiger partial charge is 0.220 e. The second-order valence-corrected chi connectivity index (χ2v) is 6.52. The predicted molar refractivity (Wildman–Crippen MR) is 88.0 cm³/mol. The number of β-amino-alcohol motifs (C(OH)–C–C–N with tert-alkyl or cyclic N) is 1. The molecule has 1 saturated heterocycles. The summed E-state index contributed by atoms with van der Waals surface area (Å²) in [5.41, 5.74) is 2.00. The molecular weight excluding hydrogens is 294 g/mol. The highest BCUT2D eigenvalue weighted by molar-refractivity contribution is 5.76. The van der Waals surface area contributed by atoms with Crippen LogP contribution in [0, 0.1) is 13.8 Å². The van der Waals surface area contributed by atoms with E-state index in [1.54, 1.807) is 0 Å². The molecule has 0 unspecified atom stereocenters. The van der Waals surface area contributed by atoms with Gasteiger partial charge < -0.3 is 14.9 Å². The number of unbranched alkanes of at least 4 members (excludes halogenated alkanes) is 2. The zero-order valence-electron chi connectivity index (χ0n) is 14.5. The molecule has 0 radical (unpaired) electrons. The average Bonchev–Trinajstić information content (AvgIpc) is 2.82. The summed E-state index contributed by atoms with van der Waals surface area (Å²) in [4.78, 5) is 14.1. The van der Waals surface area contributed by atoms with E-state index >= 15 is 0 Å². The number of hydrogen-bond acceptors (Lipinski definition) is 5. The molecular formula is C17H29N3O3. The highest BCUT2D eigenvalue weighted by atomic mass is 16.5. The van der Waals surface area contributed by atoms with E-state index in [0.29, 0.717) is 13.0 Å². The first kappa shape index (κ1) is 17.9. The number of nitrogens with one attached hydrogen (secondary N) is 1. The number of rotatable bonds is 7. The SMILES string of the molecule is CCCCCC(=O)N[C@@H]1CCN(Cc2c(C)noc2C)C[C@H]1O. The van der Waals surface area contributed by atoms with E-state index in [-0.39, 0.29) is 11.9 Å². The Morgan fingerprint density at radius 3 is 2.83 bits per heavy atom. The lowest BCUT2D eigenvalue weighted by Gasteiger charge is -2.36. The standard InChI is InChI=1S/C17H29N3O3/c1-4-5-6-7-17(22)18-15-8-9-20(11-16(15)21)10-14-12(2)19-23-13(14)3/h15-16,21H,4-11H2,1-3H3,(H,18,22)/t15-,16-/m1/s1. The number of likely N-dealkylation sites (tertiary alicyclic amines) is 1. The molecule has 6 nitrogen and oxygen atoms in total. The summed E-state index contributed by atoms with van der Waals surface area (Å²) in [5, 5.41) is 17.3. The van der Waals surface area contributed by atoms with Gasteiger partial charge in [0.25, 0.3) is 0 Å². The summed E-state index contributed by atoms with van der Waals surface area (Å²) in [6.07, 6.45) is 3.90. The van der Waals surface area contributed by atoms with E-state index < -0.39 is 6.10 Å². The molecule has 1 aromatic rings. The van der Waals surface area contributed by atoms with Gasteiger partial charge in [-0.15, -0.1) is 0 Å². The number of aromatic nitrogens is 1. The Labute approximate surface area is 138 Å². The van der Waals surface area contributed by atoms with Crippen LogP contribution in [0.2, 0.25) is 0 Å². The molecule has 1 fully saturated rings. The largest absolute Gasteiger partial charge is 0.390 e. The summed E-state index contributed by atoms with van der Waals surface area (Å²) in [5.74, 6) is 0.894. The van der Waals surface area contributed by atoms with Crippen LogP contribution in [0.15, 0.2) is 4.52 Å². The molecule has 1 aliphatic heterocycles. The maximum atomic E-state index is 11.9. The number of amides is 1. The van der Waals surface area contributed by atoms with Crippen molar-refractivity contribution in [2.75, 3.05) is 13.1 Å². The number of aliphatic hydroxyl groups is 1. The molecule has 2 heterocycles. The molecule has 0 bridgehead atoms. The van der Waals surface area contributed by atoms with Crippen molar-refractivity contribution in [2.24, 2.45) is 0 Å². The molecule has 130 valence electrons.